The second-order valence-electron chi connectivity index (χ2n) is 5.77. The number of likely N-dealkylation sites (tertiary alicyclic amines) is 1. The van der Waals surface area contributed by atoms with Gasteiger partial charge in [0.25, 0.3) is 0 Å². The SMILES string of the molecule is CCCCNCC(C)N(C)CC1CCCN1CC. The largest absolute Gasteiger partial charge is 0.315 e. The number of likely N-dealkylation sites (N-methyl/N-ethyl adjacent to an activating group) is 2. The van der Waals surface area contributed by atoms with Crippen molar-refractivity contribution in [3.05, 3.63) is 0 Å². The molecular weight excluding hydrogens is 222 g/mol. The van der Waals surface area contributed by atoms with E-state index in [0.717, 1.165) is 12.6 Å². The summed E-state index contributed by atoms with van der Waals surface area (Å²) in [5.41, 5.74) is 0. The zero-order chi connectivity index (χ0) is 13.4. The minimum atomic E-state index is 0.640. The predicted octanol–water partition coefficient (Wildman–Crippen LogP) is 2.18. The van der Waals surface area contributed by atoms with Gasteiger partial charge in [0, 0.05) is 25.2 Å². The van der Waals surface area contributed by atoms with E-state index in [1.807, 2.05) is 0 Å². The van der Waals surface area contributed by atoms with E-state index in [1.165, 1.54) is 51.9 Å². The second-order valence-corrected chi connectivity index (χ2v) is 5.77. The summed E-state index contributed by atoms with van der Waals surface area (Å²) in [7, 11) is 2.28. The lowest BCUT2D eigenvalue weighted by atomic mass is 10.2. The van der Waals surface area contributed by atoms with Crippen molar-refractivity contribution in [2.75, 3.05) is 39.8 Å². The average Bonchev–Trinajstić information content (AvgIpc) is 2.81. The Kier molecular flexibility index (Phi) is 7.87. The molecule has 0 aliphatic carbocycles. The van der Waals surface area contributed by atoms with E-state index in [1.54, 1.807) is 0 Å². The predicted molar refractivity (Wildman–Crippen MR) is 80.1 cm³/mol. The monoisotopic (exact) mass is 255 g/mol. The molecule has 0 radical (unpaired) electrons. The van der Waals surface area contributed by atoms with Crippen LogP contribution < -0.4 is 5.32 Å². The molecule has 0 aromatic carbocycles. The molecule has 2 unspecified atom stereocenters. The Bertz CT molecular complexity index is 208. The fourth-order valence-corrected chi connectivity index (χ4v) is 2.80. The minimum Gasteiger partial charge on any atom is -0.315 e. The fraction of sp³-hybridized carbons (Fsp3) is 1.00. The molecule has 3 heteroatoms. The molecule has 1 rings (SSSR count). The summed E-state index contributed by atoms with van der Waals surface area (Å²) < 4.78 is 0. The maximum atomic E-state index is 3.56. The Hall–Kier alpha value is -0.120. The minimum absolute atomic E-state index is 0.640. The van der Waals surface area contributed by atoms with Crippen LogP contribution >= 0.6 is 0 Å². The third-order valence-corrected chi connectivity index (χ3v) is 4.30. The number of hydrogen-bond donors (Lipinski definition) is 1. The number of unbranched alkanes of at least 4 members (excludes halogenated alkanes) is 1. The van der Waals surface area contributed by atoms with E-state index in [0.29, 0.717) is 6.04 Å². The zero-order valence-corrected chi connectivity index (χ0v) is 12.9. The van der Waals surface area contributed by atoms with Crippen molar-refractivity contribution in [3.8, 4) is 0 Å². The molecule has 1 heterocycles. The highest BCUT2D eigenvalue weighted by molar-refractivity contribution is 4.82. The fourth-order valence-electron chi connectivity index (χ4n) is 2.80. The van der Waals surface area contributed by atoms with Gasteiger partial charge in [-0.3, -0.25) is 4.90 Å². The van der Waals surface area contributed by atoms with Crippen LogP contribution in [0.1, 0.15) is 46.5 Å². The maximum absolute atomic E-state index is 3.56. The molecule has 0 aromatic heterocycles. The quantitative estimate of drug-likeness (QED) is 0.637. The lowest BCUT2D eigenvalue weighted by molar-refractivity contribution is 0.168. The van der Waals surface area contributed by atoms with Gasteiger partial charge in [-0.05, 0) is 52.9 Å². The van der Waals surface area contributed by atoms with Crippen LogP contribution in [0.4, 0.5) is 0 Å². The lowest BCUT2D eigenvalue weighted by Crippen LogP contribution is -2.45. The molecule has 0 aromatic rings. The van der Waals surface area contributed by atoms with Crippen LogP contribution in [0.3, 0.4) is 0 Å². The molecule has 0 amide bonds. The Labute approximate surface area is 114 Å². The van der Waals surface area contributed by atoms with Crippen LogP contribution in [-0.2, 0) is 0 Å². The van der Waals surface area contributed by atoms with E-state index >= 15 is 0 Å². The zero-order valence-electron chi connectivity index (χ0n) is 12.9. The van der Waals surface area contributed by atoms with Crippen molar-refractivity contribution >= 4 is 0 Å². The summed E-state index contributed by atoms with van der Waals surface area (Å²) in [6, 6.07) is 1.43. The molecule has 2 atom stereocenters. The Morgan fingerprint density at radius 1 is 1.39 bits per heavy atom. The third-order valence-electron chi connectivity index (χ3n) is 4.30. The van der Waals surface area contributed by atoms with Crippen LogP contribution in [0.2, 0.25) is 0 Å². The first-order valence-electron chi connectivity index (χ1n) is 7.84. The van der Waals surface area contributed by atoms with Crippen molar-refractivity contribution in [2.45, 2.75) is 58.5 Å². The van der Waals surface area contributed by atoms with Gasteiger partial charge in [-0.15, -0.1) is 0 Å². The highest BCUT2D eigenvalue weighted by atomic mass is 15.2. The smallest absolute Gasteiger partial charge is 0.0223 e. The van der Waals surface area contributed by atoms with Crippen molar-refractivity contribution in [1.29, 1.82) is 0 Å². The Morgan fingerprint density at radius 2 is 2.17 bits per heavy atom. The molecule has 3 nitrogen and oxygen atoms in total. The van der Waals surface area contributed by atoms with Gasteiger partial charge in [0.2, 0.25) is 0 Å². The van der Waals surface area contributed by atoms with Crippen molar-refractivity contribution in [3.63, 3.8) is 0 Å². The third kappa shape index (κ3) is 5.25. The van der Waals surface area contributed by atoms with Crippen molar-refractivity contribution in [2.24, 2.45) is 0 Å². The second kappa shape index (κ2) is 8.89. The Morgan fingerprint density at radius 3 is 2.83 bits per heavy atom. The summed E-state index contributed by atoms with van der Waals surface area (Å²) in [5, 5.41) is 3.56. The number of nitrogens with one attached hydrogen (secondary N) is 1. The van der Waals surface area contributed by atoms with E-state index in [4.69, 9.17) is 0 Å². The van der Waals surface area contributed by atoms with Crippen molar-refractivity contribution in [1.82, 2.24) is 15.1 Å². The molecule has 0 spiro atoms. The first-order valence-corrected chi connectivity index (χ1v) is 7.84. The molecular formula is C15H33N3. The van der Waals surface area contributed by atoms with Crippen LogP contribution in [0.25, 0.3) is 0 Å². The standard InChI is InChI=1S/C15H33N3/c1-5-7-10-16-12-14(3)17(4)13-15-9-8-11-18(15)6-2/h14-16H,5-13H2,1-4H3. The van der Waals surface area contributed by atoms with Gasteiger partial charge in [0.05, 0.1) is 0 Å². The van der Waals surface area contributed by atoms with Gasteiger partial charge in [0.1, 0.15) is 0 Å². The summed E-state index contributed by atoms with van der Waals surface area (Å²) in [5.74, 6) is 0. The summed E-state index contributed by atoms with van der Waals surface area (Å²) in [4.78, 5) is 5.16. The molecule has 1 aliphatic rings. The maximum Gasteiger partial charge on any atom is 0.0223 e. The van der Waals surface area contributed by atoms with Gasteiger partial charge in [-0.1, -0.05) is 20.3 Å². The summed E-state index contributed by atoms with van der Waals surface area (Å²) in [6.07, 6.45) is 5.34. The molecule has 1 aliphatic heterocycles. The normalized spacial score (nSPS) is 22.8. The highest BCUT2D eigenvalue weighted by Crippen LogP contribution is 2.17. The van der Waals surface area contributed by atoms with Crippen LogP contribution in [0, 0.1) is 0 Å². The number of rotatable bonds is 9. The molecule has 0 bridgehead atoms. The van der Waals surface area contributed by atoms with Gasteiger partial charge in [-0.2, -0.15) is 0 Å². The van der Waals surface area contributed by atoms with Gasteiger partial charge in [0.15, 0.2) is 0 Å². The summed E-state index contributed by atoms with van der Waals surface area (Å²) in [6.45, 7) is 12.9. The van der Waals surface area contributed by atoms with Crippen LogP contribution in [0.15, 0.2) is 0 Å². The topological polar surface area (TPSA) is 18.5 Å². The Balaban J connectivity index is 2.20. The van der Waals surface area contributed by atoms with Crippen LogP contribution in [0.5, 0.6) is 0 Å². The first kappa shape index (κ1) is 15.9. The molecule has 18 heavy (non-hydrogen) atoms. The van der Waals surface area contributed by atoms with Crippen molar-refractivity contribution < 1.29 is 0 Å². The molecule has 108 valence electrons. The van der Waals surface area contributed by atoms with E-state index in [2.05, 4.69) is 42.9 Å². The van der Waals surface area contributed by atoms with E-state index < -0.39 is 0 Å². The molecule has 1 saturated heterocycles. The molecule has 1 N–H and O–H groups in total. The van der Waals surface area contributed by atoms with Gasteiger partial charge in [-0.25, -0.2) is 0 Å². The van der Waals surface area contributed by atoms with Gasteiger partial charge >= 0.3 is 0 Å². The molecule has 0 saturated carbocycles. The van der Waals surface area contributed by atoms with Crippen LogP contribution in [-0.4, -0.2) is 61.7 Å². The number of hydrogen-bond acceptors (Lipinski definition) is 3. The lowest BCUT2D eigenvalue weighted by Gasteiger charge is -2.31. The van der Waals surface area contributed by atoms with E-state index in [9.17, 15) is 0 Å². The van der Waals surface area contributed by atoms with Gasteiger partial charge < -0.3 is 10.2 Å². The highest BCUT2D eigenvalue weighted by Gasteiger charge is 2.25. The molecule has 1 fully saturated rings. The van der Waals surface area contributed by atoms with E-state index in [-0.39, 0.29) is 0 Å². The first-order chi connectivity index (χ1) is 8.69. The average molecular weight is 255 g/mol. The number of nitrogens with zero attached hydrogens (tertiary/aromatic N) is 2. The summed E-state index contributed by atoms with van der Waals surface area (Å²) >= 11 is 0.